The monoisotopic (exact) mass is 421 g/mol. The van der Waals surface area contributed by atoms with Crippen molar-refractivity contribution in [2.45, 2.75) is 20.9 Å². The standard InChI is InChI=1S/C18H16ClN3OS3/c1-11-8-9-13(10-14(11)19)20-16(23)15(12-6-4-3-5-7-12)25-18-22-21-17(24-2)26-18/h3-10,15H,1-2H3,(H,20,23). The Hall–Kier alpha value is -1.54. The third-order valence-electron chi connectivity index (χ3n) is 3.56. The van der Waals surface area contributed by atoms with Crippen molar-refractivity contribution >= 4 is 58.1 Å². The largest absolute Gasteiger partial charge is 0.325 e. The van der Waals surface area contributed by atoms with E-state index in [1.807, 2.05) is 55.6 Å². The molecule has 1 heterocycles. The van der Waals surface area contributed by atoms with Gasteiger partial charge in [-0.15, -0.1) is 10.2 Å². The summed E-state index contributed by atoms with van der Waals surface area (Å²) in [6.07, 6.45) is 1.96. The first-order valence-electron chi connectivity index (χ1n) is 7.73. The Labute approximate surface area is 169 Å². The zero-order valence-electron chi connectivity index (χ0n) is 14.1. The van der Waals surface area contributed by atoms with E-state index in [4.69, 9.17) is 11.6 Å². The van der Waals surface area contributed by atoms with E-state index in [0.29, 0.717) is 10.7 Å². The van der Waals surface area contributed by atoms with Crippen LogP contribution in [0.1, 0.15) is 16.4 Å². The van der Waals surface area contributed by atoms with Crippen LogP contribution in [0.15, 0.2) is 57.2 Å². The highest BCUT2D eigenvalue weighted by Gasteiger charge is 2.24. The van der Waals surface area contributed by atoms with E-state index in [1.54, 1.807) is 17.8 Å². The van der Waals surface area contributed by atoms with Gasteiger partial charge in [0.15, 0.2) is 8.68 Å². The minimum Gasteiger partial charge on any atom is -0.325 e. The van der Waals surface area contributed by atoms with Crippen LogP contribution < -0.4 is 5.32 Å². The second kappa shape index (κ2) is 8.90. The quantitative estimate of drug-likeness (QED) is 0.518. The van der Waals surface area contributed by atoms with Gasteiger partial charge < -0.3 is 5.32 Å². The summed E-state index contributed by atoms with van der Waals surface area (Å²) in [5.74, 6) is -0.123. The van der Waals surface area contributed by atoms with Crippen LogP contribution in [-0.2, 0) is 4.79 Å². The molecule has 8 heteroatoms. The number of aromatic nitrogens is 2. The molecule has 0 saturated heterocycles. The number of halogens is 1. The molecule has 0 aliphatic rings. The molecule has 26 heavy (non-hydrogen) atoms. The molecule has 0 radical (unpaired) electrons. The van der Waals surface area contributed by atoms with Crippen molar-refractivity contribution in [3.05, 3.63) is 64.7 Å². The average Bonchev–Trinajstić information content (AvgIpc) is 3.11. The van der Waals surface area contributed by atoms with Gasteiger partial charge in [0.25, 0.3) is 0 Å². The maximum atomic E-state index is 13.0. The zero-order valence-corrected chi connectivity index (χ0v) is 17.3. The van der Waals surface area contributed by atoms with Crippen molar-refractivity contribution in [2.24, 2.45) is 0 Å². The highest BCUT2D eigenvalue weighted by Crippen LogP contribution is 2.39. The van der Waals surface area contributed by atoms with Crippen LogP contribution in [0.4, 0.5) is 5.69 Å². The van der Waals surface area contributed by atoms with E-state index >= 15 is 0 Å². The number of carbonyl (C=O) groups is 1. The van der Waals surface area contributed by atoms with Crippen LogP contribution in [0.3, 0.4) is 0 Å². The second-order valence-corrected chi connectivity index (χ2v) is 9.19. The Morgan fingerprint density at radius 1 is 1.15 bits per heavy atom. The molecule has 3 aromatic rings. The fourth-order valence-corrected chi connectivity index (χ4v) is 5.02. The van der Waals surface area contributed by atoms with E-state index in [9.17, 15) is 4.79 Å². The molecule has 1 unspecified atom stereocenters. The van der Waals surface area contributed by atoms with Crippen molar-refractivity contribution in [3.8, 4) is 0 Å². The van der Waals surface area contributed by atoms with Gasteiger partial charge in [-0.3, -0.25) is 4.79 Å². The third-order valence-corrected chi connectivity index (χ3v) is 7.21. The first-order valence-corrected chi connectivity index (χ1v) is 11.0. The van der Waals surface area contributed by atoms with E-state index in [1.165, 1.54) is 23.1 Å². The third kappa shape index (κ3) is 4.79. The summed E-state index contributed by atoms with van der Waals surface area (Å²) in [4.78, 5) is 13.0. The highest BCUT2D eigenvalue weighted by molar-refractivity contribution is 8.03. The maximum Gasteiger partial charge on any atom is 0.242 e. The van der Waals surface area contributed by atoms with Crippen molar-refractivity contribution < 1.29 is 4.79 Å². The summed E-state index contributed by atoms with van der Waals surface area (Å²) in [5.41, 5.74) is 2.56. The first-order chi connectivity index (χ1) is 12.6. The lowest BCUT2D eigenvalue weighted by Gasteiger charge is -2.16. The predicted octanol–water partition coefficient (Wildman–Crippen LogP) is 5.69. The lowest BCUT2D eigenvalue weighted by molar-refractivity contribution is -0.115. The van der Waals surface area contributed by atoms with Crippen LogP contribution in [0.2, 0.25) is 5.02 Å². The van der Waals surface area contributed by atoms with Crippen LogP contribution in [0, 0.1) is 6.92 Å². The number of hydrogen-bond acceptors (Lipinski definition) is 6. The number of aryl methyl sites for hydroxylation is 1. The number of nitrogens with one attached hydrogen (secondary N) is 1. The van der Waals surface area contributed by atoms with Crippen molar-refractivity contribution in [2.75, 3.05) is 11.6 Å². The number of carbonyl (C=O) groups excluding carboxylic acids is 1. The normalized spacial score (nSPS) is 12.0. The molecule has 134 valence electrons. The van der Waals surface area contributed by atoms with Gasteiger partial charge in [0, 0.05) is 10.7 Å². The average molecular weight is 422 g/mol. The Bertz CT molecular complexity index is 902. The maximum absolute atomic E-state index is 13.0. The van der Waals surface area contributed by atoms with Gasteiger partial charge in [-0.2, -0.15) is 0 Å². The number of thioether (sulfide) groups is 2. The van der Waals surface area contributed by atoms with E-state index < -0.39 is 5.25 Å². The number of hydrogen-bond donors (Lipinski definition) is 1. The van der Waals surface area contributed by atoms with Gasteiger partial charge in [-0.25, -0.2) is 0 Å². The Kier molecular flexibility index (Phi) is 6.58. The Morgan fingerprint density at radius 3 is 2.54 bits per heavy atom. The summed E-state index contributed by atoms with van der Waals surface area (Å²) in [7, 11) is 0. The summed E-state index contributed by atoms with van der Waals surface area (Å²) in [6.45, 7) is 1.93. The van der Waals surface area contributed by atoms with Gasteiger partial charge in [0.05, 0.1) is 0 Å². The van der Waals surface area contributed by atoms with Crippen LogP contribution >= 0.6 is 46.5 Å². The number of benzene rings is 2. The molecule has 0 spiro atoms. The lowest BCUT2D eigenvalue weighted by atomic mass is 10.1. The molecule has 0 saturated carbocycles. The minimum absolute atomic E-state index is 0.123. The van der Waals surface area contributed by atoms with Crippen LogP contribution in [0.5, 0.6) is 0 Å². The summed E-state index contributed by atoms with van der Waals surface area (Å²) in [6, 6.07) is 15.2. The van der Waals surface area contributed by atoms with Crippen molar-refractivity contribution in [3.63, 3.8) is 0 Å². The number of nitrogens with zero attached hydrogens (tertiary/aromatic N) is 2. The number of rotatable bonds is 6. The molecule has 1 atom stereocenters. The van der Waals surface area contributed by atoms with Gasteiger partial charge >= 0.3 is 0 Å². The van der Waals surface area contributed by atoms with E-state index in [2.05, 4.69) is 15.5 Å². The van der Waals surface area contributed by atoms with Gasteiger partial charge in [0.2, 0.25) is 5.91 Å². The molecule has 0 fully saturated rings. The first kappa shape index (κ1) is 19.2. The fourth-order valence-electron chi connectivity index (χ4n) is 2.21. The minimum atomic E-state index is -0.432. The van der Waals surface area contributed by atoms with E-state index in [-0.39, 0.29) is 5.91 Å². The Balaban J connectivity index is 1.84. The number of anilines is 1. The van der Waals surface area contributed by atoms with Gasteiger partial charge in [0.1, 0.15) is 5.25 Å². The number of amides is 1. The highest BCUT2D eigenvalue weighted by atomic mass is 35.5. The second-order valence-electron chi connectivity index (χ2n) is 5.40. The molecule has 2 aromatic carbocycles. The molecule has 4 nitrogen and oxygen atoms in total. The molecular formula is C18H16ClN3OS3. The van der Waals surface area contributed by atoms with Crippen LogP contribution in [-0.4, -0.2) is 22.4 Å². The molecule has 1 amide bonds. The molecule has 0 aliphatic heterocycles. The van der Waals surface area contributed by atoms with Crippen molar-refractivity contribution in [1.82, 2.24) is 10.2 Å². The zero-order chi connectivity index (χ0) is 18.5. The summed E-state index contributed by atoms with van der Waals surface area (Å²) in [5, 5.41) is 11.4. The molecule has 3 rings (SSSR count). The molecule has 0 aliphatic carbocycles. The van der Waals surface area contributed by atoms with E-state index in [0.717, 1.165) is 19.8 Å². The fraction of sp³-hybridized carbons (Fsp3) is 0.167. The molecule has 1 N–H and O–H groups in total. The lowest BCUT2D eigenvalue weighted by Crippen LogP contribution is -2.19. The van der Waals surface area contributed by atoms with Crippen LogP contribution in [0.25, 0.3) is 0 Å². The van der Waals surface area contributed by atoms with Gasteiger partial charge in [-0.1, -0.05) is 82.9 Å². The molecular weight excluding hydrogens is 406 g/mol. The summed E-state index contributed by atoms with van der Waals surface area (Å²) < 4.78 is 1.64. The Morgan fingerprint density at radius 2 is 1.88 bits per heavy atom. The van der Waals surface area contributed by atoms with Crippen molar-refractivity contribution in [1.29, 1.82) is 0 Å². The topological polar surface area (TPSA) is 54.9 Å². The van der Waals surface area contributed by atoms with Gasteiger partial charge in [-0.05, 0) is 36.4 Å². The predicted molar refractivity (Wildman–Crippen MR) is 112 cm³/mol. The summed E-state index contributed by atoms with van der Waals surface area (Å²) >= 11 is 10.6. The SMILES string of the molecule is CSc1nnc(SC(C(=O)Nc2ccc(C)c(Cl)c2)c2ccccc2)s1. The molecule has 1 aromatic heterocycles. The smallest absolute Gasteiger partial charge is 0.242 e. The molecule has 0 bridgehead atoms.